The molecule has 2 aliphatic carbocycles. The van der Waals surface area contributed by atoms with Crippen LogP contribution in [0.2, 0.25) is 0 Å². The third-order valence-electron chi connectivity index (χ3n) is 6.32. The number of hydrogen-bond donors (Lipinski definition) is 2. The van der Waals surface area contributed by atoms with Crippen LogP contribution in [0.1, 0.15) is 58.8 Å². The molecule has 0 amide bonds. The number of unbranched alkanes of at least 4 members (excludes halogenated alkanes) is 2. The zero-order valence-corrected chi connectivity index (χ0v) is 17.7. The zero-order chi connectivity index (χ0) is 19.8. The Morgan fingerprint density at radius 1 is 1.26 bits per heavy atom. The van der Waals surface area contributed by atoms with Crippen molar-refractivity contribution in [3.63, 3.8) is 0 Å². The number of allylic oxidation sites excluding steroid dienone is 2. The summed E-state index contributed by atoms with van der Waals surface area (Å²) in [5.41, 5.74) is 1.59. The first-order chi connectivity index (χ1) is 12.9. The van der Waals surface area contributed by atoms with Crippen molar-refractivity contribution in [3.05, 3.63) is 23.8 Å². The third kappa shape index (κ3) is 6.79. The highest BCUT2D eigenvalue weighted by molar-refractivity contribution is 5.18. The summed E-state index contributed by atoms with van der Waals surface area (Å²) >= 11 is 0. The summed E-state index contributed by atoms with van der Waals surface area (Å²) < 4.78 is 0. The number of aliphatic hydroxyl groups is 2. The van der Waals surface area contributed by atoms with E-state index in [2.05, 4.69) is 43.0 Å². The standard InChI is InChI=1S/C24H39NO2/c1-5-6-10-18(2)23(26)13-12-21-22-16-19(15-20(22)17-24(21)27)11-8-7-9-14-25(3)4/h11-13,18,20-24,26-27H,7-10,14-17H2,1-4H3/b13-12+,19-11+/t18?,20-,21+,22-,23+,24+/m0/s1. The first kappa shape index (κ1) is 22.2. The van der Waals surface area contributed by atoms with Gasteiger partial charge in [0.1, 0.15) is 0 Å². The first-order valence-electron chi connectivity index (χ1n) is 10.7. The highest BCUT2D eigenvalue weighted by Crippen LogP contribution is 2.50. The van der Waals surface area contributed by atoms with E-state index in [4.69, 9.17) is 0 Å². The van der Waals surface area contributed by atoms with E-state index in [1.165, 1.54) is 19.3 Å². The molecule has 2 aliphatic rings. The lowest BCUT2D eigenvalue weighted by molar-refractivity contribution is 0.137. The predicted octanol–water partition coefficient (Wildman–Crippen LogP) is 4.02. The molecular formula is C24H39NO2. The van der Waals surface area contributed by atoms with Crippen molar-refractivity contribution in [3.8, 4) is 11.8 Å². The highest BCUT2D eigenvalue weighted by Gasteiger charge is 2.44. The SMILES string of the molecule is CC#CCC(C)[C@H](O)/C=C/[C@@H]1[C@H]2C/C(=C/CCCCN(C)C)C[C@H]2C[C@H]1O. The van der Waals surface area contributed by atoms with Gasteiger partial charge in [0.05, 0.1) is 12.2 Å². The van der Waals surface area contributed by atoms with Crippen LogP contribution in [0.5, 0.6) is 0 Å². The van der Waals surface area contributed by atoms with Crippen molar-refractivity contribution in [1.29, 1.82) is 0 Å². The van der Waals surface area contributed by atoms with Gasteiger partial charge in [-0.2, -0.15) is 0 Å². The topological polar surface area (TPSA) is 43.7 Å². The molecule has 0 saturated heterocycles. The van der Waals surface area contributed by atoms with Gasteiger partial charge in [0, 0.05) is 12.3 Å². The van der Waals surface area contributed by atoms with Crippen molar-refractivity contribution < 1.29 is 10.2 Å². The summed E-state index contributed by atoms with van der Waals surface area (Å²) in [6.07, 6.45) is 13.3. The molecular weight excluding hydrogens is 334 g/mol. The van der Waals surface area contributed by atoms with E-state index in [1.807, 2.05) is 19.9 Å². The molecule has 2 N–H and O–H groups in total. The quantitative estimate of drug-likeness (QED) is 0.364. The minimum atomic E-state index is -0.481. The Morgan fingerprint density at radius 2 is 2.04 bits per heavy atom. The molecule has 3 nitrogen and oxygen atoms in total. The Bertz CT molecular complexity index is 569. The summed E-state index contributed by atoms with van der Waals surface area (Å²) in [4.78, 5) is 2.25. The molecule has 0 bridgehead atoms. The van der Waals surface area contributed by atoms with Crippen LogP contribution in [0.4, 0.5) is 0 Å². The highest BCUT2D eigenvalue weighted by atomic mass is 16.3. The molecule has 0 aromatic carbocycles. The molecule has 27 heavy (non-hydrogen) atoms. The minimum Gasteiger partial charge on any atom is -0.392 e. The average Bonchev–Trinajstić information content (AvgIpc) is 3.13. The largest absolute Gasteiger partial charge is 0.392 e. The van der Waals surface area contributed by atoms with Crippen LogP contribution in [0, 0.1) is 35.5 Å². The molecule has 2 rings (SSSR count). The average molecular weight is 374 g/mol. The third-order valence-corrected chi connectivity index (χ3v) is 6.32. The van der Waals surface area contributed by atoms with Gasteiger partial charge >= 0.3 is 0 Å². The van der Waals surface area contributed by atoms with Crippen molar-refractivity contribution in [1.82, 2.24) is 4.90 Å². The van der Waals surface area contributed by atoms with Crippen LogP contribution in [0.3, 0.4) is 0 Å². The normalized spacial score (nSPS) is 31.3. The molecule has 3 heteroatoms. The lowest BCUT2D eigenvalue weighted by Crippen LogP contribution is -2.19. The van der Waals surface area contributed by atoms with Gasteiger partial charge in [-0.25, -0.2) is 0 Å². The van der Waals surface area contributed by atoms with Crippen LogP contribution in [-0.2, 0) is 0 Å². The number of aliphatic hydroxyl groups excluding tert-OH is 2. The lowest BCUT2D eigenvalue weighted by atomic mass is 9.89. The van der Waals surface area contributed by atoms with E-state index >= 15 is 0 Å². The number of nitrogens with zero attached hydrogens (tertiary/aromatic N) is 1. The molecule has 0 spiro atoms. The molecule has 0 aromatic heterocycles. The number of fused-ring (bicyclic) bond motifs is 1. The van der Waals surface area contributed by atoms with E-state index in [1.54, 1.807) is 5.57 Å². The van der Waals surface area contributed by atoms with Crippen molar-refractivity contribution in [2.24, 2.45) is 23.7 Å². The van der Waals surface area contributed by atoms with E-state index in [0.29, 0.717) is 18.3 Å². The van der Waals surface area contributed by atoms with E-state index in [-0.39, 0.29) is 17.9 Å². The van der Waals surface area contributed by atoms with Crippen molar-refractivity contribution in [2.45, 2.75) is 71.0 Å². The second-order valence-electron chi connectivity index (χ2n) is 8.86. The fraction of sp³-hybridized carbons (Fsp3) is 0.750. The van der Waals surface area contributed by atoms with E-state index in [9.17, 15) is 10.2 Å². The molecule has 2 saturated carbocycles. The Morgan fingerprint density at radius 3 is 2.74 bits per heavy atom. The fourth-order valence-corrected chi connectivity index (χ4v) is 4.63. The zero-order valence-electron chi connectivity index (χ0n) is 17.7. The van der Waals surface area contributed by atoms with Crippen LogP contribution < -0.4 is 0 Å². The molecule has 0 aliphatic heterocycles. The summed E-state index contributed by atoms with van der Waals surface area (Å²) in [6, 6.07) is 0. The van der Waals surface area contributed by atoms with Gasteiger partial charge in [-0.1, -0.05) is 30.7 Å². The molecule has 0 aromatic rings. The number of rotatable bonds is 9. The Balaban J connectivity index is 1.85. The molecule has 2 fully saturated rings. The Labute approximate surface area is 166 Å². The maximum absolute atomic E-state index is 10.5. The fourth-order valence-electron chi connectivity index (χ4n) is 4.63. The maximum Gasteiger partial charge on any atom is 0.0755 e. The first-order valence-corrected chi connectivity index (χ1v) is 10.7. The van der Waals surface area contributed by atoms with Gasteiger partial charge in [-0.05, 0) is 83.8 Å². The smallest absolute Gasteiger partial charge is 0.0755 e. The maximum atomic E-state index is 10.5. The van der Waals surface area contributed by atoms with Crippen LogP contribution >= 0.6 is 0 Å². The molecule has 0 heterocycles. The van der Waals surface area contributed by atoms with Crippen molar-refractivity contribution >= 4 is 0 Å². The monoisotopic (exact) mass is 373 g/mol. The predicted molar refractivity (Wildman–Crippen MR) is 113 cm³/mol. The van der Waals surface area contributed by atoms with Gasteiger partial charge in [0.15, 0.2) is 0 Å². The van der Waals surface area contributed by atoms with Crippen LogP contribution in [-0.4, -0.2) is 48.0 Å². The summed E-state index contributed by atoms with van der Waals surface area (Å²) in [6.45, 7) is 5.02. The van der Waals surface area contributed by atoms with Gasteiger partial charge in [-0.15, -0.1) is 11.8 Å². The Hall–Kier alpha value is -1.08. The van der Waals surface area contributed by atoms with Crippen LogP contribution in [0.25, 0.3) is 0 Å². The lowest BCUT2D eigenvalue weighted by Gasteiger charge is -2.19. The van der Waals surface area contributed by atoms with Crippen molar-refractivity contribution in [2.75, 3.05) is 20.6 Å². The second kappa shape index (κ2) is 11.1. The molecule has 6 atom stereocenters. The van der Waals surface area contributed by atoms with Gasteiger partial charge in [0.2, 0.25) is 0 Å². The van der Waals surface area contributed by atoms with Gasteiger partial charge in [0.25, 0.3) is 0 Å². The van der Waals surface area contributed by atoms with Crippen LogP contribution in [0.15, 0.2) is 23.8 Å². The van der Waals surface area contributed by atoms with Gasteiger partial charge in [-0.3, -0.25) is 0 Å². The van der Waals surface area contributed by atoms with E-state index < -0.39 is 6.10 Å². The van der Waals surface area contributed by atoms with E-state index in [0.717, 1.165) is 25.8 Å². The molecule has 0 radical (unpaired) electrons. The molecule has 152 valence electrons. The molecule has 1 unspecified atom stereocenters. The van der Waals surface area contributed by atoms with Gasteiger partial charge < -0.3 is 15.1 Å². The summed E-state index contributed by atoms with van der Waals surface area (Å²) in [5.74, 6) is 7.40. The summed E-state index contributed by atoms with van der Waals surface area (Å²) in [5, 5.41) is 20.8. The number of hydrogen-bond acceptors (Lipinski definition) is 3. The minimum absolute atomic E-state index is 0.129. The second-order valence-corrected chi connectivity index (χ2v) is 8.86. The summed E-state index contributed by atoms with van der Waals surface area (Å²) in [7, 11) is 4.26. The Kier molecular flexibility index (Phi) is 9.09.